The van der Waals surface area contributed by atoms with Crippen LogP contribution < -0.4 is 51.4 Å². The van der Waals surface area contributed by atoms with Crippen LogP contribution in [0.3, 0.4) is 0 Å². The average Bonchev–Trinajstić information content (AvgIpc) is 1.81. The van der Waals surface area contributed by atoms with Crippen LogP contribution in [0.5, 0.6) is 0 Å². The van der Waals surface area contributed by atoms with Crippen LogP contribution in [0, 0.1) is 0 Å². The second-order valence-corrected chi connectivity index (χ2v) is 3.75. The molecule has 80 valence electrons. The minimum absolute atomic E-state index is 0. The van der Waals surface area contributed by atoms with Gasteiger partial charge in [-0.1, -0.05) is 0 Å². The summed E-state index contributed by atoms with van der Waals surface area (Å²) in [6.45, 7) is -0.294. The molecule has 0 spiro atoms. The third kappa shape index (κ3) is 15.9. The van der Waals surface area contributed by atoms with E-state index in [1.54, 1.807) is 0 Å². The fourth-order valence-electron chi connectivity index (χ4n) is 0.624. The van der Waals surface area contributed by atoms with Crippen LogP contribution in [0.1, 0.15) is 20.8 Å². The molecule has 0 aromatic rings. The predicted octanol–water partition coefficient (Wildman–Crippen LogP) is -0.791. The van der Waals surface area contributed by atoms with Crippen molar-refractivity contribution in [2.24, 2.45) is 0 Å². The van der Waals surface area contributed by atoms with E-state index in [1.807, 2.05) is 20.8 Å². The zero-order valence-electron chi connectivity index (χ0n) is 9.15. The maximum Gasteiger partial charge on any atom is 1.00 e. The number of hydrogen-bond donors (Lipinski definition) is 0. The first-order valence-electron chi connectivity index (χ1n) is 4.13. The average molecular weight is 238 g/mol. The van der Waals surface area contributed by atoms with Gasteiger partial charge in [0.15, 0.2) is 0 Å². The first-order chi connectivity index (χ1) is 5.71. The van der Waals surface area contributed by atoms with E-state index >= 15 is 0 Å². The van der Waals surface area contributed by atoms with Gasteiger partial charge in [0.05, 0.1) is 18.8 Å². The largest absolute Gasteiger partial charge is 1.00 e. The standard InChI is InChI=1S/C7H15BF3O2.K/c1-7(2,3)13-5-4-12-6-8(9,10)11;/h4-6H2,1-3H3;/q-1;+1. The van der Waals surface area contributed by atoms with E-state index in [4.69, 9.17) is 4.74 Å². The predicted molar refractivity (Wildman–Crippen MR) is 45.6 cm³/mol. The van der Waals surface area contributed by atoms with E-state index in [-0.39, 0.29) is 70.2 Å². The number of rotatable bonds is 5. The summed E-state index contributed by atoms with van der Waals surface area (Å²) in [4.78, 5) is 0. The first-order valence-corrected chi connectivity index (χ1v) is 4.13. The molecule has 0 aliphatic rings. The zero-order chi connectivity index (χ0) is 10.5. The van der Waals surface area contributed by atoms with Crippen LogP contribution in [0.4, 0.5) is 12.9 Å². The minimum Gasteiger partial charge on any atom is -0.447 e. The van der Waals surface area contributed by atoms with Crippen LogP contribution in [0.2, 0.25) is 0 Å². The van der Waals surface area contributed by atoms with Gasteiger partial charge in [0.1, 0.15) is 0 Å². The van der Waals surface area contributed by atoms with Gasteiger partial charge >= 0.3 is 58.4 Å². The maximum absolute atomic E-state index is 11.6. The van der Waals surface area contributed by atoms with E-state index in [1.165, 1.54) is 0 Å². The molecule has 0 rings (SSSR count). The van der Waals surface area contributed by atoms with E-state index in [0.29, 0.717) is 0 Å². The molecular weight excluding hydrogens is 223 g/mol. The zero-order valence-corrected chi connectivity index (χ0v) is 12.3. The summed E-state index contributed by atoms with van der Waals surface area (Å²) in [5.74, 6) is 0. The molecule has 7 heteroatoms. The SMILES string of the molecule is CC(C)(C)OCCOC[B-](F)(F)F.[K+]. The quantitative estimate of drug-likeness (QED) is 0.461. The van der Waals surface area contributed by atoms with E-state index in [2.05, 4.69) is 4.74 Å². The first kappa shape index (κ1) is 17.8. The molecule has 0 N–H and O–H groups in total. The van der Waals surface area contributed by atoms with Gasteiger partial charge in [-0.15, -0.1) is 0 Å². The Morgan fingerprint density at radius 3 is 1.93 bits per heavy atom. The summed E-state index contributed by atoms with van der Waals surface area (Å²) in [7, 11) is 0. The Hall–Kier alpha value is 1.41. The molecule has 0 radical (unpaired) electrons. The number of halogens is 3. The molecular formula is C7H15BF3KO2. The molecule has 0 atom stereocenters. The Kier molecular flexibility index (Phi) is 9.72. The van der Waals surface area contributed by atoms with Crippen LogP contribution in [0.15, 0.2) is 0 Å². The van der Waals surface area contributed by atoms with Crippen molar-refractivity contribution < 1.29 is 73.8 Å². The second-order valence-electron chi connectivity index (χ2n) is 3.75. The molecule has 0 aromatic carbocycles. The van der Waals surface area contributed by atoms with Gasteiger partial charge in [-0.3, -0.25) is 0 Å². The van der Waals surface area contributed by atoms with Crippen molar-refractivity contribution in [2.75, 3.05) is 19.7 Å². The molecule has 0 aromatic heterocycles. The second kappa shape index (κ2) is 7.65. The summed E-state index contributed by atoms with van der Waals surface area (Å²) < 4.78 is 44.4. The monoisotopic (exact) mass is 238 g/mol. The minimum atomic E-state index is -4.83. The van der Waals surface area contributed by atoms with Crippen molar-refractivity contribution in [3.05, 3.63) is 0 Å². The summed E-state index contributed by atoms with van der Waals surface area (Å²) in [5.41, 5.74) is -0.327. The summed E-state index contributed by atoms with van der Waals surface area (Å²) in [6, 6.07) is 0. The Labute approximate surface area is 125 Å². The van der Waals surface area contributed by atoms with Crippen molar-refractivity contribution in [2.45, 2.75) is 26.4 Å². The number of ether oxygens (including phenoxy) is 2. The smallest absolute Gasteiger partial charge is 0.447 e. The molecule has 0 heterocycles. The van der Waals surface area contributed by atoms with Gasteiger partial charge in [0.25, 0.3) is 0 Å². The molecule has 0 aliphatic carbocycles. The van der Waals surface area contributed by atoms with Crippen molar-refractivity contribution >= 4 is 6.98 Å². The molecule has 2 nitrogen and oxygen atoms in total. The Morgan fingerprint density at radius 1 is 1.07 bits per heavy atom. The van der Waals surface area contributed by atoms with E-state index in [9.17, 15) is 12.9 Å². The van der Waals surface area contributed by atoms with Gasteiger partial charge < -0.3 is 22.4 Å². The van der Waals surface area contributed by atoms with Gasteiger partial charge in [-0.25, -0.2) is 0 Å². The van der Waals surface area contributed by atoms with E-state index < -0.39 is 13.5 Å². The molecule has 0 bridgehead atoms. The Morgan fingerprint density at radius 2 is 1.57 bits per heavy atom. The maximum atomic E-state index is 11.6. The fourth-order valence-corrected chi connectivity index (χ4v) is 0.624. The fraction of sp³-hybridized carbons (Fsp3) is 1.00. The van der Waals surface area contributed by atoms with Crippen LogP contribution in [-0.2, 0) is 9.47 Å². The third-order valence-corrected chi connectivity index (χ3v) is 1.07. The molecule has 0 amide bonds. The number of hydrogen-bond acceptors (Lipinski definition) is 2. The molecule has 0 aliphatic heterocycles. The topological polar surface area (TPSA) is 18.5 Å². The Bertz CT molecular complexity index is 131. The van der Waals surface area contributed by atoms with Crippen molar-refractivity contribution in [3.8, 4) is 0 Å². The van der Waals surface area contributed by atoms with Crippen LogP contribution in [0.25, 0.3) is 0 Å². The van der Waals surface area contributed by atoms with Gasteiger partial charge in [0, 0.05) is 6.51 Å². The van der Waals surface area contributed by atoms with Gasteiger partial charge in [-0.2, -0.15) is 0 Å². The van der Waals surface area contributed by atoms with Gasteiger partial charge in [-0.05, 0) is 20.8 Å². The molecule has 0 saturated carbocycles. The third-order valence-electron chi connectivity index (χ3n) is 1.07. The summed E-state index contributed by atoms with van der Waals surface area (Å²) in [5, 5.41) is 0. The normalized spacial score (nSPS) is 12.4. The Balaban J connectivity index is 0. The van der Waals surface area contributed by atoms with Crippen LogP contribution in [-0.4, -0.2) is 32.3 Å². The van der Waals surface area contributed by atoms with Crippen molar-refractivity contribution in [1.82, 2.24) is 0 Å². The van der Waals surface area contributed by atoms with Gasteiger partial charge in [0.2, 0.25) is 0 Å². The molecule has 14 heavy (non-hydrogen) atoms. The van der Waals surface area contributed by atoms with Crippen molar-refractivity contribution in [1.29, 1.82) is 0 Å². The van der Waals surface area contributed by atoms with E-state index in [0.717, 1.165) is 0 Å². The van der Waals surface area contributed by atoms with Crippen molar-refractivity contribution in [3.63, 3.8) is 0 Å². The summed E-state index contributed by atoms with van der Waals surface area (Å²) in [6.07, 6.45) is 0. The molecule has 0 saturated heterocycles. The summed E-state index contributed by atoms with van der Waals surface area (Å²) >= 11 is 0. The molecule has 0 unspecified atom stereocenters. The molecule has 0 fully saturated rings. The van der Waals surface area contributed by atoms with Crippen LogP contribution >= 0.6 is 0 Å².